The molecule has 0 atom stereocenters. The smallest absolute Gasteiger partial charge is 0.151 e. The van der Waals surface area contributed by atoms with E-state index in [1.165, 1.54) is 12.1 Å². The Morgan fingerprint density at radius 3 is 2.45 bits per heavy atom. The summed E-state index contributed by atoms with van der Waals surface area (Å²) in [6.45, 7) is 1.99. The Bertz CT molecular complexity index is 820. The Labute approximate surface area is 127 Å². The van der Waals surface area contributed by atoms with E-state index >= 15 is 0 Å². The van der Waals surface area contributed by atoms with Gasteiger partial charge in [-0.3, -0.25) is 4.99 Å². The minimum Gasteiger partial charge on any atom is -0.313 e. The van der Waals surface area contributed by atoms with E-state index in [9.17, 15) is 8.78 Å². The van der Waals surface area contributed by atoms with Crippen molar-refractivity contribution in [1.82, 2.24) is 4.57 Å². The van der Waals surface area contributed by atoms with Crippen LogP contribution < -0.4 is 0 Å². The first-order valence-electron chi connectivity index (χ1n) is 6.88. The van der Waals surface area contributed by atoms with Crippen molar-refractivity contribution in [2.24, 2.45) is 4.99 Å². The molecular weight excluding hydrogens is 282 g/mol. The standard InChI is InChI=1S/C18H14F2N2/c1-13-7-9-16(22(13)15-5-3-2-4-6-15)12-21-18-10-8-14(19)11-17(18)20/h2-12H,1H3. The third kappa shape index (κ3) is 2.81. The van der Waals surface area contributed by atoms with Gasteiger partial charge >= 0.3 is 0 Å². The molecule has 0 aliphatic rings. The Hall–Kier alpha value is -2.75. The highest BCUT2D eigenvalue weighted by Crippen LogP contribution is 2.20. The summed E-state index contributed by atoms with van der Waals surface area (Å²) in [6, 6.07) is 17.1. The number of hydrogen-bond acceptors (Lipinski definition) is 1. The number of hydrogen-bond donors (Lipinski definition) is 0. The van der Waals surface area contributed by atoms with E-state index in [1.807, 2.05) is 54.0 Å². The largest absolute Gasteiger partial charge is 0.313 e. The molecule has 0 unspecified atom stereocenters. The third-order valence-electron chi connectivity index (χ3n) is 3.37. The van der Waals surface area contributed by atoms with Crippen molar-refractivity contribution >= 4 is 11.9 Å². The van der Waals surface area contributed by atoms with Crippen molar-refractivity contribution in [2.75, 3.05) is 0 Å². The minimum atomic E-state index is -0.675. The summed E-state index contributed by atoms with van der Waals surface area (Å²) in [4.78, 5) is 4.13. The number of aryl methyl sites for hydroxylation is 1. The predicted octanol–water partition coefficient (Wildman–Crippen LogP) is 4.81. The molecule has 0 saturated carbocycles. The fourth-order valence-electron chi connectivity index (χ4n) is 2.31. The van der Waals surface area contributed by atoms with E-state index in [0.717, 1.165) is 23.1 Å². The summed E-state index contributed by atoms with van der Waals surface area (Å²) in [6.07, 6.45) is 1.58. The van der Waals surface area contributed by atoms with Crippen LogP contribution in [0.2, 0.25) is 0 Å². The van der Waals surface area contributed by atoms with Crippen LogP contribution in [0.4, 0.5) is 14.5 Å². The van der Waals surface area contributed by atoms with Gasteiger partial charge in [0.05, 0.1) is 17.6 Å². The quantitative estimate of drug-likeness (QED) is 0.617. The van der Waals surface area contributed by atoms with E-state index in [0.29, 0.717) is 0 Å². The van der Waals surface area contributed by atoms with Crippen LogP contribution in [-0.4, -0.2) is 10.8 Å². The van der Waals surface area contributed by atoms with Crippen LogP contribution >= 0.6 is 0 Å². The second kappa shape index (κ2) is 5.93. The van der Waals surface area contributed by atoms with Crippen molar-refractivity contribution in [1.29, 1.82) is 0 Å². The van der Waals surface area contributed by atoms with Crippen LogP contribution in [-0.2, 0) is 0 Å². The van der Waals surface area contributed by atoms with Gasteiger partial charge in [-0.15, -0.1) is 0 Å². The monoisotopic (exact) mass is 296 g/mol. The highest BCUT2D eigenvalue weighted by molar-refractivity contribution is 5.81. The summed E-state index contributed by atoms with van der Waals surface area (Å²) in [7, 11) is 0. The Morgan fingerprint density at radius 1 is 0.955 bits per heavy atom. The fraction of sp³-hybridized carbons (Fsp3) is 0.0556. The lowest BCUT2D eigenvalue weighted by Gasteiger charge is -2.08. The molecule has 2 nitrogen and oxygen atoms in total. The average molecular weight is 296 g/mol. The summed E-state index contributed by atoms with van der Waals surface area (Å²) in [5, 5.41) is 0. The fourth-order valence-corrected chi connectivity index (χ4v) is 2.31. The summed E-state index contributed by atoms with van der Waals surface area (Å²) in [5.41, 5.74) is 2.99. The Kier molecular flexibility index (Phi) is 3.83. The first-order valence-corrected chi connectivity index (χ1v) is 6.88. The number of aliphatic imine (C=N–C) groups is 1. The number of rotatable bonds is 3. The lowest BCUT2D eigenvalue weighted by atomic mass is 10.3. The molecular formula is C18H14F2N2. The van der Waals surface area contributed by atoms with Crippen LogP contribution in [0.3, 0.4) is 0 Å². The summed E-state index contributed by atoms with van der Waals surface area (Å²) >= 11 is 0. The molecule has 1 heterocycles. The zero-order valence-corrected chi connectivity index (χ0v) is 12.0. The molecule has 0 N–H and O–H groups in total. The van der Waals surface area contributed by atoms with Crippen molar-refractivity contribution in [3.8, 4) is 5.69 Å². The number of aromatic nitrogens is 1. The first-order chi connectivity index (χ1) is 10.6. The molecule has 0 saturated heterocycles. The van der Waals surface area contributed by atoms with Gasteiger partial charge in [-0.25, -0.2) is 8.78 Å². The molecule has 22 heavy (non-hydrogen) atoms. The summed E-state index contributed by atoms with van der Waals surface area (Å²) in [5.74, 6) is -1.29. The van der Waals surface area contributed by atoms with Gasteiger partial charge in [0.15, 0.2) is 5.82 Å². The van der Waals surface area contributed by atoms with Crippen LogP contribution in [0.1, 0.15) is 11.4 Å². The maximum atomic E-state index is 13.6. The molecule has 2 aromatic carbocycles. The van der Waals surface area contributed by atoms with Gasteiger partial charge in [0.2, 0.25) is 0 Å². The molecule has 0 aliphatic carbocycles. The number of halogens is 2. The topological polar surface area (TPSA) is 17.3 Å². The van der Waals surface area contributed by atoms with Gasteiger partial charge in [-0.1, -0.05) is 18.2 Å². The molecule has 0 amide bonds. The molecule has 0 fully saturated rings. The Morgan fingerprint density at radius 2 is 1.73 bits per heavy atom. The second-order valence-corrected chi connectivity index (χ2v) is 4.92. The van der Waals surface area contributed by atoms with Gasteiger partial charge < -0.3 is 4.57 Å². The number of para-hydroxylation sites is 1. The SMILES string of the molecule is Cc1ccc(C=Nc2ccc(F)cc2F)n1-c1ccccc1. The van der Waals surface area contributed by atoms with Crippen LogP contribution in [0, 0.1) is 18.6 Å². The van der Waals surface area contributed by atoms with Crippen molar-refractivity contribution < 1.29 is 8.78 Å². The first kappa shape index (κ1) is 14.2. The molecule has 3 rings (SSSR count). The highest BCUT2D eigenvalue weighted by atomic mass is 19.1. The molecule has 1 aromatic heterocycles. The van der Waals surface area contributed by atoms with E-state index < -0.39 is 11.6 Å². The molecule has 3 aromatic rings. The minimum absolute atomic E-state index is 0.111. The second-order valence-electron chi connectivity index (χ2n) is 4.92. The van der Waals surface area contributed by atoms with Gasteiger partial charge in [0.1, 0.15) is 5.82 Å². The zero-order valence-electron chi connectivity index (χ0n) is 12.0. The highest BCUT2D eigenvalue weighted by Gasteiger charge is 2.06. The molecule has 0 radical (unpaired) electrons. The third-order valence-corrected chi connectivity index (χ3v) is 3.37. The van der Waals surface area contributed by atoms with Crippen molar-refractivity contribution in [2.45, 2.75) is 6.92 Å². The van der Waals surface area contributed by atoms with E-state index in [2.05, 4.69) is 4.99 Å². The summed E-state index contributed by atoms with van der Waals surface area (Å²) < 4.78 is 28.5. The van der Waals surface area contributed by atoms with Crippen molar-refractivity contribution in [3.63, 3.8) is 0 Å². The van der Waals surface area contributed by atoms with Crippen LogP contribution in [0.15, 0.2) is 65.7 Å². The predicted molar refractivity (Wildman–Crippen MR) is 84.1 cm³/mol. The molecule has 0 aliphatic heterocycles. The van der Waals surface area contributed by atoms with Gasteiger partial charge in [0, 0.05) is 17.4 Å². The van der Waals surface area contributed by atoms with E-state index in [-0.39, 0.29) is 5.69 Å². The number of benzene rings is 2. The Balaban J connectivity index is 1.98. The normalized spacial score (nSPS) is 11.2. The number of nitrogens with zero attached hydrogens (tertiary/aromatic N) is 2. The lowest BCUT2D eigenvalue weighted by Crippen LogP contribution is -2.00. The molecule has 110 valence electrons. The van der Waals surface area contributed by atoms with Crippen molar-refractivity contribution in [3.05, 3.63) is 83.7 Å². The maximum absolute atomic E-state index is 13.6. The molecule has 0 bridgehead atoms. The molecule has 0 spiro atoms. The van der Waals surface area contributed by atoms with Gasteiger partial charge in [-0.2, -0.15) is 0 Å². The average Bonchev–Trinajstić information content (AvgIpc) is 2.88. The van der Waals surface area contributed by atoms with E-state index in [1.54, 1.807) is 6.21 Å². The van der Waals surface area contributed by atoms with Gasteiger partial charge in [-0.05, 0) is 43.3 Å². The van der Waals surface area contributed by atoms with Crippen LogP contribution in [0.25, 0.3) is 5.69 Å². The zero-order chi connectivity index (χ0) is 15.5. The maximum Gasteiger partial charge on any atom is 0.151 e. The molecule has 4 heteroatoms. The van der Waals surface area contributed by atoms with Gasteiger partial charge in [0.25, 0.3) is 0 Å². The van der Waals surface area contributed by atoms with E-state index in [4.69, 9.17) is 0 Å². The van der Waals surface area contributed by atoms with Crippen LogP contribution in [0.5, 0.6) is 0 Å². The lowest BCUT2D eigenvalue weighted by molar-refractivity contribution is 0.585.